The van der Waals surface area contributed by atoms with Gasteiger partial charge in [0, 0.05) is 23.5 Å². The van der Waals surface area contributed by atoms with E-state index in [0.29, 0.717) is 5.92 Å². The van der Waals surface area contributed by atoms with Crippen LogP contribution in [0.3, 0.4) is 0 Å². The summed E-state index contributed by atoms with van der Waals surface area (Å²) in [5.74, 6) is 1.44. The van der Waals surface area contributed by atoms with Crippen LogP contribution in [0.25, 0.3) is 5.69 Å². The minimum absolute atomic E-state index is 0.576. The smallest absolute Gasteiger partial charge is 0.207 e. The highest BCUT2D eigenvalue weighted by Gasteiger charge is 2.09. The Hall–Kier alpha value is -1.48. The first-order chi connectivity index (χ1) is 8.97. The molecule has 0 fully saturated rings. The van der Waals surface area contributed by atoms with Gasteiger partial charge in [-0.15, -0.1) is 0 Å². The quantitative estimate of drug-likeness (QED) is 0.907. The molecule has 0 unspecified atom stereocenters. The van der Waals surface area contributed by atoms with Crippen LogP contribution in [-0.2, 0) is 0 Å². The first-order valence-corrected chi connectivity index (χ1v) is 6.91. The Bertz CT molecular complexity index is 573. The van der Waals surface area contributed by atoms with Gasteiger partial charge in [-0.3, -0.25) is 4.57 Å². The Kier molecular flexibility index (Phi) is 4.15. The van der Waals surface area contributed by atoms with E-state index in [1.165, 1.54) is 0 Å². The van der Waals surface area contributed by atoms with E-state index in [9.17, 15) is 0 Å². The van der Waals surface area contributed by atoms with Gasteiger partial charge in [0.05, 0.1) is 5.69 Å². The van der Waals surface area contributed by atoms with Gasteiger partial charge < -0.3 is 5.32 Å². The number of rotatable bonds is 4. The first-order valence-electron chi connectivity index (χ1n) is 6.53. The minimum Gasteiger partial charge on any atom is -0.355 e. The van der Waals surface area contributed by atoms with Gasteiger partial charge in [0.2, 0.25) is 5.95 Å². The third kappa shape index (κ3) is 3.29. The zero-order chi connectivity index (χ0) is 14.0. The Morgan fingerprint density at radius 3 is 2.68 bits per heavy atom. The van der Waals surface area contributed by atoms with Crippen molar-refractivity contribution in [1.29, 1.82) is 0 Å². The predicted octanol–water partition coefficient (Wildman–Crippen LogP) is 4.21. The van der Waals surface area contributed by atoms with Crippen molar-refractivity contribution in [2.45, 2.75) is 27.7 Å². The lowest BCUT2D eigenvalue weighted by atomic mass is 10.2. The van der Waals surface area contributed by atoms with Crippen molar-refractivity contribution in [3.05, 3.63) is 40.7 Å². The second-order valence-electron chi connectivity index (χ2n) is 5.28. The van der Waals surface area contributed by atoms with Crippen molar-refractivity contribution < 1.29 is 0 Å². The molecule has 1 aromatic heterocycles. The lowest BCUT2D eigenvalue weighted by molar-refractivity contribution is 0.683. The minimum atomic E-state index is 0.576. The van der Waals surface area contributed by atoms with E-state index < -0.39 is 0 Å². The van der Waals surface area contributed by atoms with E-state index >= 15 is 0 Å². The molecule has 0 radical (unpaired) electrons. The number of hydrogen-bond donors (Lipinski definition) is 1. The van der Waals surface area contributed by atoms with E-state index in [-0.39, 0.29) is 0 Å². The van der Waals surface area contributed by atoms with E-state index in [0.717, 1.165) is 34.5 Å². The number of halogens is 1. The van der Waals surface area contributed by atoms with Crippen LogP contribution in [-0.4, -0.2) is 16.1 Å². The molecular weight excluding hydrogens is 258 g/mol. The Balaban J connectivity index is 2.35. The molecule has 1 aromatic carbocycles. The molecule has 0 aliphatic heterocycles. The fourth-order valence-electron chi connectivity index (χ4n) is 1.85. The van der Waals surface area contributed by atoms with Crippen molar-refractivity contribution >= 4 is 17.5 Å². The summed E-state index contributed by atoms with van der Waals surface area (Å²) in [5, 5.41) is 4.15. The summed E-state index contributed by atoms with van der Waals surface area (Å²) in [4.78, 5) is 4.52. The van der Waals surface area contributed by atoms with E-state index in [1.807, 2.05) is 36.7 Å². The molecule has 0 bridgehead atoms. The maximum Gasteiger partial charge on any atom is 0.207 e. The summed E-state index contributed by atoms with van der Waals surface area (Å²) in [7, 11) is 0. The molecule has 0 atom stereocenters. The lowest BCUT2D eigenvalue weighted by Gasteiger charge is -2.12. The van der Waals surface area contributed by atoms with Gasteiger partial charge >= 0.3 is 0 Å². The number of imidazole rings is 1. The molecule has 0 spiro atoms. The van der Waals surface area contributed by atoms with Gasteiger partial charge in [-0.25, -0.2) is 4.98 Å². The van der Waals surface area contributed by atoms with Crippen LogP contribution in [0.5, 0.6) is 0 Å². The van der Waals surface area contributed by atoms with Crippen molar-refractivity contribution in [3.8, 4) is 5.69 Å². The molecular formula is C15H20ClN3. The fourth-order valence-corrected chi connectivity index (χ4v) is 2.02. The molecule has 4 heteroatoms. The molecule has 0 amide bonds. The zero-order valence-corrected chi connectivity index (χ0v) is 12.6. The van der Waals surface area contributed by atoms with Crippen LogP contribution >= 0.6 is 11.6 Å². The van der Waals surface area contributed by atoms with Crippen LogP contribution in [0.1, 0.15) is 25.1 Å². The second kappa shape index (κ2) is 5.66. The highest BCUT2D eigenvalue weighted by atomic mass is 35.5. The van der Waals surface area contributed by atoms with Crippen molar-refractivity contribution in [2.75, 3.05) is 11.9 Å². The Labute approximate surface area is 119 Å². The summed E-state index contributed by atoms with van der Waals surface area (Å²) in [6.07, 6.45) is 2.02. The average molecular weight is 278 g/mol. The Morgan fingerprint density at radius 2 is 2.05 bits per heavy atom. The zero-order valence-electron chi connectivity index (χ0n) is 11.9. The highest BCUT2D eigenvalue weighted by molar-refractivity contribution is 6.31. The van der Waals surface area contributed by atoms with Crippen LogP contribution in [0, 0.1) is 19.8 Å². The summed E-state index contributed by atoms with van der Waals surface area (Å²) < 4.78 is 2.04. The van der Waals surface area contributed by atoms with Gasteiger partial charge in [-0.1, -0.05) is 31.5 Å². The van der Waals surface area contributed by atoms with Crippen LogP contribution < -0.4 is 5.32 Å². The van der Waals surface area contributed by atoms with Crippen LogP contribution in [0.4, 0.5) is 5.95 Å². The van der Waals surface area contributed by atoms with E-state index in [2.05, 4.69) is 30.2 Å². The standard InChI is InChI=1S/C15H20ClN3/c1-10(2)8-17-15-18-12(4)9-19(15)13-6-5-11(3)14(16)7-13/h5-7,9-10H,8H2,1-4H3,(H,17,18). The van der Waals surface area contributed by atoms with E-state index in [1.54, 1.807) is 0 Å². The molecule has 2 aromatic rings. The summed E-state index contributed by atoms with van der Waals surface area (Å²) >= 11 is 6.20. The molecule has 2 rings (SSSR count). The third-order valence-electron chi connectivity index (χ3n) is 2.93. The van der Waals surface area contributed by atoms with Gasteiger partial charge in [0.15, 0.2) is 0 Å². The summed E-state index contributed by atoms with van der Waals surface area (Å²) in [6, 6.07) is 6.06. The van der Waals surface area contributed by atoms with Crippen LogP contribution in [0.15, 0.2) is 24.4 Å². The number of anilines is 1. The lowest BCUT2D eigenvalue weighted by Crippen LogP contribution is -2.12. The van der Waals surface area contributed by atoms with Crippen molar-refractivity contribution in [2.24, 2.45) is 5.92 Å². The van der Waals surface area contributed by atoms with E-state index in [4.69, 9.17) is 11.6 Å². The van der Waals surface area contributed by atoms with Crippen molar-refractivity contribution in [3.63, 3.8) is 0 Å². The molecule has 0 saturated carbocycles. The third-order valence-corrected chi connectivity index (χ3v) is 3.34. The normalized spacial score (nSPS) is 11.1. The van der Waals surface area contributed by atoms with Gasteiger partial charge in [-0.05, 0) is 37.5 Å². The maximum atomic E-state index is 6.20. The molecule has 0 aliphatic rings. The molecule has 1 N–H and O–H groups in total. The number of nitrogens with one attached hydrogen (secondary N) is 1. The van der Waals surface area contributed by atoms with Crippen LogP contribution in [0.2, 0.25) is 5.02 Å². The maximum absolute atomic E-state index is 6.20. The first kappa shape index (κ1) is 13.9. The predicted molar refractivity (Wildman–Crippen MR) is 81.4 cm³/mol. The molecule has 0 saturated heterocycles. The largest absolute Gasteiger partial charge is 0.355 e. The van der Waals surface area contributed by atoms with Gasteiger partial charge in [0.25, 0.3) is 0 Å². The topological polar surface area (TPSA) is 29.9 Å². The van der Waals surface area contributed by atoms with Gasteiger partial charge in [-0.2, -0.15) is 0 Å². The number of benzene rings is 1. The molecule has 19 heavy (non-hydrogen) atoms. The molecule has 1 heterocycles. The van der Waals surface area contributed by atoms with Gasteiger partial charge in [0.1, 0.15) is 0 Å². The second-order valence-corrected chi connectivity index (χ2v) is 5.69. The molecule has 0 aliphatic carbocycles. The summed E-state index contributed by atoms with van der Waals surface area (Å²) in [5.41, 5.74) is 3.10. The SMILES string of the molecule is Cc1cn(-c2ccc(C)c(Cl)c2)c(NCC(C)C)n1. The number of hydrogen-bond acceptors (Lipinski definition) is 2. The number of nitrogens with zero attached hydrogens (tertiary/aromatic N) is 2. The fraction of sp³-hybridized carbons (Fsp3) is 0.400. The molecule has 3 nitrogen and oxygen atoms in total. The summed E-state index contributed by atoms with van der Waals surface area (Å²) in [6.45, 7) is 9.25. The monoisotopic (exact) mass is 277 g/mol. The average Bonchev–Trinajstić information content (AvgIpc) is 2.71. The van der Waals surface area contributed by atoms with Crippen molar-refractivity contribution in [1.82, 2.24) is 9.55 Å². The number of aryl methyl sites for hydroxylation is 2. The highest BCUT2D eigenvalue weighted by Crippen LogP contribution is 2.22. The Morgan fingerprint density at radius 1 is 1.32 bits per heavy atom. The number of aromatic nitrogens is 2. The molecule has 102 valence electrons.